The number of amides is 1. The quantitative estimate of drug-likeness (QED) is 0.521. The molecule has 3 rings (SSSR count). The molecule has 30 heavy (non-hydrogen) atoms. The lowest BCUT2D eigenvalue weighted by atomic mass is 9.98. The summed E-state index contributed by atoms with van der Waals surface area (Å²) in [6, 6.07) is 0.853. The lowest BCUT2D eigenvalue weighted by Gasteiger charge is -2.40. The summed E-state index contributed by atoms with van der Waals surface area (Å²) in [5, 5.41) is 7.10. The van der Waals surface area contributed by atoms with Crippen molar-refractivity contribution < 1.29 is 14.3 Å². The first kappa shape index (κ1) is 23.1. The van der Waals surface area contributed by atoms with Gasteiger partial charge in [0.15, 0.2) is 5.96 Å². The molecule has 1 amide bonds. The molecule has 8 heteroatoms. The molecular formula is C22H41N5O3. The molecule has 3 saturated heterocycles. The van der Waals surface area contributed by atoms with Crippen LogP contribution in [0.3, 0.4) is 0 Å². The van der Waals surface area contributed by atoms with Crippen LogP contribution in [0.5, 0.6) is 0 Å². The second-order valence-electron chi connectivity index (χ2n) is 10.1. The fourth-order valence-electron chi connectivity index (χ4n) is 4.86. The lowest BCUT2D eigenvalue weighted by Crippen LogP contribution is -2.55. The highest BCUT2D eigenvalue weighted by Gasteiger charge is 2.45. The molecule has 0 aromatic heterocycles. The van der Waals surface area contributed by atoms with E-state index >= 15 is 0 Å². The molecule has 3 heterocycles. The summed E-state index contributed by atoms with van der Waals surface area (Å²) < 4.78 is 11.1. The van der Waals surface area contributed by atoms with Crippen molar-refractivity contribution in [2.75, 3.05) is 46.4 Å². The Hall–Kier alpha value is -1.54. The predicted octanol–water partition coefficient (Wildman–Crippen LogP) is 2.05. The van der Waals surface area contributed by atoms with Gasteiger partial charge in [0.1, 0.15) is 5.60 Å². The van der Waals surface area contributed by atoms with Crippen LogP contribution in [-0.2, 0) is 9.47 Å². The van der Waals surface area contributed by atoms with E-state index in [2.05, 4.69) is 27.4 Å². The number of aliphatic imine (C=N–C) groups is 1. The second-order valence-corrected chi connectivity index (χ2v) is 10.1. The molecule has 3 fully saturated rings. The van der Waals surface area contributed by atoms with Gasteiger partial charge in [-0.1, -0.05) is 6.92 Å². The van der Waals surface area contributed by atoms with Crippen LogP contribution >= 0.6 is 0 Å². The van der Waals surface area contributed by atoms with E-state index in [9.17, 15) is 4.79 Å². The Morgan fingerprint density at radius 3 is 2.40 bits per heavy atom. The van der Waals surface area contributed by atoms with Crippen LogP contribution in [0.1, 0.15) is 53.4 Å². The summed E-state index contributed by atoms with van der Waals surface area (Å²) in [6.45, 7) is 13.8. The molecule has 2 bridgehead atoms. The third-order valence-corrected chi connectivity index (χ3v) is 6.19. The smallest absolute Gasteiger partial charge is 0.410 e. The molecule has 0 spiro atoms. The monoisotopic (exact) mass is 423 g/mol. The van der Waals surface area contributed by atoms with Crippen molar-refractivity contribution in [2.24, 2.45) is 10.9 Å². The van der Waals surface area contributed by atoms with Crippen LogP contribution in [0.4, 0.5) is 4.79 Å². The number of nitrogens with zero attached hydrogens (tertiary/aromatic N) is 3. The Morgan fingerprint density at radius 1 is 1.20 bits per heavy atom. The van der Waals surface area contributed by atoms with Gasteiger partial charge in [-0.2, -0.15) is 0 Å². The van der Waals surface area contributed by atoms with Gasteiger partial charge in [0, 0.05) is 51.4 Å². The van der Waals surface area contributed by atoms with E-state index in [0.29, 0.717) is 12.0 Å². The first-order valence-electron chi connectivity index (χ1n) is 11.5. The number of carbonyl (C=O) groups is 1. The van der Waals surface area contributed by atoms with Crippen LogP contribution in [0.2, 0.25) is 0 Å². The summed E-state index contributed by atoms with van der Waals surface area (Å²) in [4.78, 5) is 21.5. The lowest BCUT2D eigenvalue weighted by molar-refractivity contribution is 0.00543. The van der Waals surface area contributed by atoms with Gasteiger partial charge >= 0.3 is 6.09 Å². The fraction of sp³-hybridized carbons (Fsp3) is 0.909. The third-order valence-electron chi connectivity index (χ3n) is 6.19. The van der Waals surface area contributed by atoms with Crippen molar-refractivity contribution in [3.8, 4) is 0 Å². The molecule has 0 radical (unpaired) electrons. The molecule has 3 aliphatic heterocycles. The van der Waals surface area contributed by atoms with Crippen LogP contribution in [0.15, 0.2) is 4.99 Å². The van der Waals surface area contributed by atoms with E-state index in [-0.39, 0.29) is 18.2 Å². The topological polar surface area (TPSA) is 78.4 Å². The van der Waals surface area contributed by atoms with Gasteiger partial charge in [-0.15, -0.1) is 0 Å². The number of ether oxygens (including phenoxy) is 2. The molecule has 0 aliphatic carbocycles. The highest BCUT2D eigenvalue weighted by molar-refractivity contribution is 5.80. The number of hydrogen-bond acceptors (Lipinski definition) is 5. The first-order valence-corrected chi connectivity index (χ1v) is 11.5. The number of morpholine rings is 1. The third kappa shape index (κ3) is 6.48. The molecule has 3 aliphatic rings. The van der Waals surface area contributed by atoms with E-state index in [4.69, 9.17) is 9.47 Å². The van der Waals surface area contributed by atoms with Gasteiger partial charge in [-0.3, -0.25) is 9.89 Å². The molecule has 8 nitrogen and oxygen atoms in total. The number of hydrogen-bond donors (Lipinski definition) is 2. The summed E-state index contributed by atoms with van der Waals surface area (Å²) in [5.74, 6) is 1.39. The normalized spacial score (nSPS) is 28.9. The van der Waals surface area contributed by atoms with E-state index < -0.39 is 5.60 Å². The van der Waals surface area contributed by atoms with Crippen molar-refractivity contribution in [3.05, 3.63) is 0 Å². The number of rotatable bonds is 5. The summed E-state index contributed by atoms with van der Waals surface area (Å²) in [5.41, 5.74) is -0.449. The number of guanidine groups is 1. The molecule has 3 unspecified atom stereocenters. The Bertz CT molecular complexity index is 586. The maximum Gasteiger partial charge on any atom is 0.410 e. The molecule has 0 saturated carbocycles. The van der Waals surface area contributed by atoms with Crippen LogP contribution in [0.25, 0.3) is 0 Å². The zero-order chi connectivity index (χ0) is 21.7. The molecule has 2 N–H and O–H groups in total. The van der Waals surface area contributed by atoms with E-state index in [1.165, 1.54) is 0 Å². The summed E-state index contributed by atoms with van der Waals surface area (Å²) in [7, 11) is 1.83. The fourth-order valence-corrected chi connectivity index (χ4v) is 4.86. The van der Waals surface area contributed by atoms with Crippen molar-refractivity contribution >= 4 is 12.1 Å². The van der Waals surface area contributed by atoms with Crippen molar-refractivity contribution in [3.63, 3.8) is 0 Å². The zero-order valence-corrected chi connectivity index (χ0v) is 19.4. The molecule has 172 valence electrons. The van der Waals surface area contributed by atoms with Gasteiger partial charge in [0.2, 0.25) is 0 Å². The minimum atomic E-state index is -0.449. The first-order chi connectivity index (χ1) is 14.2. The zero-order valence-electron chi connectivity index (χ0n) is 19.4. The minimum Gasteiger partial charge on any atom is -0.444 e. The number of piperidine rings is 1. The van der Waals surface area contributed by atoms with Gasteiger partial charge in [0.05, 0.1) is 13.2 Å². The highest BCUT2D eigenvalue weighted by atomic mass is 16.6. The van der Waals surface area contributed by atoms with Gasteiger partial charge < -0.3 is 25.0 Å². The van der Waals surface area contributed by atoms with E-state index in [0.717, 1.165) is 71.0 Å². The Labute approximate surface area is 181 Å². The summed E-state index contributed by atoms with van der Waals surface area (Å²) in [6.07, 6.45) is 3.85. The maximum atomic E-state index is 12.6. The molecule has 0 aromatic rings. The van der Waals surface area contributed by atoms with Gasteiger partial charge in [0.25, 0.3) is 0 Å². The molecule has 0 aromatic carbocycles. The number of carbonyl (C=O) groups excluding carboxylic acids is 1. The number of fused-ring (bicyclic) bond motifs is 2. The maximum absolute atomic E-state index is 12.6. The number of nitrogens with one attached hydrogen (secondary N) is 2. The average Bonchev–Trinajstić information content (AvgIpc) is 2.95. The summed E-state index contributed by atoms with van der Waals surface area (Å²) >= 11 is 0. The van der Waals surface area contributed by atoms with E-state index in [1.807, 2.05) is 32.7 Å². The highest BCUT2D eigenvalue weighted by Crippen LogP contribution is 2.36. The van der Waals surface area contributed by atoms with Crippen molar-refractivity contribution in [1.29, 1.82) is 0 Å². The molecule has 3 atom stereocenters. The van der Waals surface area contributed by atoms with Crippen molar-refractivity contribution in [1.82, 2.24) is 20.4 Å². The predicted molar refractivity (Wildman–Crippen MR) is 119 cm³/mol. The Balaban J connectivity index is 1.44. The largest absolute Gasteiger partial charge is 0.444 e. The average molecular weight is 424 g/mol. The van der Waals surface area contributed by atoms with E-state index in [1.54, 1.807) is 0 Å². The van der Waals surface area contributed by atoms with Gasteiger partial charge in [-0.05, 0) is 52.4 Å². The Morgan fingerprint density at radius 2 is 1.83 bits per heavy atom. The van der Waals surface area contributed by atoms with Gasteiger partial charge in [-0.25, -0.2) is 4.79 Å². The van der Waals surface area contributed by atoms with Crippen LogP contribution < -0.4 is 10.6 Å². The Kier molecular flexibility index (Phi) is 7.85. The molecular weight excluding hydrogens is 382 g/mol. The van der Waals surface area contributed by atoms with Crippen molar-refractivity contribution in [2.45, 2.75) is 77.1 Å². The second kappa shape index (κ2) is 10.2. The van der Waals surface area contributed by atoms with Crippen LogP contribution in [-0.4, -0.2) is 92.0 Å². The SMILES string of the molecule is CN=C(NCC(C)CN1CCOCC1)NC1CC2CCC(C1)N2C(=O)OC(C)(C)C. The minimum absolute atomic E-state index is 0.159. The standard InChI is InChI=1S/C22H41N5O3/c1-16(15-26-8-10-29-11-9-26)14-24-20(23-5)25-17-12-18-6-7-19(13-17)27(18)21(28)30-22(2,3)4/h16-19H,6-15H2,1-5H3,(H2,23,24,25). The van der Waals surface area contributed by atoms with Crippen LogP contribution in [0, 0.1) is 5.92 Å².